The van der Waals surface area contributed by atoms with E-state index in [1.807, 2.05) is 13.8 Å². The van der Waals surface area contributed by atoms with Crippen LogP contribution < -0.4 is 0 Å². The second-order valence-electron chi connectivity index (χ2n) is 15.5. The fraction of sp³-hybridized carbons (Fsp3) is 0.886. The highest BCUT2D eigenvalue weighted by molar-refractivity contribution is 5.67. The summed E-state index contributed by atoms with van der Waals surface area (Å²) < 4.78 is 23.7. The Labute approximate surface area is 258 Å². The first kappa shape index (κ1) is 33.8. The molecule has 4 rings (SSSR count). The average molecular weight is 605 g/mol. The van der Waals surface area contributed by atoms with Gasteiger partial charge in [0.2, 0.25) is 0 Å². The van der Waals surface area contributed by atoms with Crippen LogP contribution in [0.3, 0.4) is 0 Å². The van der Waals surface area contributed by atoms with Crippen LogP contribution in [-0.4, -0.2) is 47.8 Å². The van der Waals surface area contributed by atoms with Crippen molar-refractivity contribution in [3.63, 3.8) is 0 Å². The summed E-state index contributed by atoms with van der Waals surface area (Å²) >= 11 is 0. The summed E-state index contributed by atoms with van der Waals surface area (Å²) in [5, 5.41) is 0. The number of hydrogen-bond acceptors (Lipinski definition) is 8. The highest BCUT2D eigenvalue weighted by atomic mass is 16.6. The standard InChI is InChI=1S/C35H56O8/c1-20(11-10-15-33(6,7)43-24(5)39)27-12-13-28-32-29(19-31(35(27,28)9)42-23(4)38)34(8)16-14-26(40-21(2)36)17-25(34)18-30(32)41-22(3)37/h20,25-32H,10-19H2,1-9H3/t20-,25?,26?,27-,28+,29+,30?,31?,32+,34+,35-/m1/s1. The first-order chi connectivity index (χ1) is 20.0. The fourth-order valence-corrected chi connectivity index (χ4v) is 10.6. The van der Waals surface area contributed by atoms with E-state index in [0.29, 0.717) is 11.8 Å². The zero-order valence-electron chi connectivity index (χ0n) is 28.0. The number of rotatable bonds is 9. The van der Waals surface area contributed by atoms with E-state index in [-0.39, 0.29) is 76.7 Å². The summed E-state index contributed by atoms with van der Waals surface area (Å²) in [6, 6.07) is 0. The fourth-order valence-electron chi connectivity index (χ4n) is 10.6. The van der Waals surface area contributed by atoms with Crippen molar-refractivity contribution in [3.05, 3.63) is 0 Å². The number of fused-ring (bicyclic) bond motifs is 5. The van der Waals surface area contributed by atoms with Gasteiger partial charge in [-0.05, 0) is 107 Å². The summed E-state index contributed by atoms with van der Waals surface area (Å²) in [6.07, 6.45) is 8.42. The van der Waals surface area contributed by atoms with Gasteiger partial charge in [0.1, 0.15) is 23.9 Å². The maximum atomic E-state index is 12.6. The van der Waals surface area contributed by atoms with E-state index in [1.54, 1.807) is 0 Å². The molecule has 0 radical (unpaired) electrons. The van der Waals surface area contributed by atoms with Crippen molar-refractivity contribution in [1.29, 1.82) is 0 Å². The van der Waals surface area contributed by atoms with Gasteiger partial charge in [-0.3, -0.25) is 19.2 Å². The van der Waals surface area contributed by atoms with Gasteiger partial charge in [0, 0.05) is 39.0 Å². The van der Waals surface area contributed by atoms with E-state index in [4.69, 9.17) is 18.9 Å². The maximum absolute atomic E-state index is 12.6. The molecular formula is C35H56O8. The molecule has 4 fully saturated rings. The Morgan fingerprint density at radius 3 is 2.07 bits per heavy atom. The van der Waals surface area contributed by atoms with Crippen LogP contribution in [0.1, 0.15) is 127 Å². The molecular weight excluding hydrogens is 548 g/mol. The lowest BCUT2D eigenvalue weighted by Crippen LogP contribution is -2.63. The second-order valence-corrected chi connectivity index (χ2v) is 15.5. The highest BCUT2D eigenvalue weighted by Crippen LogP contribution is 2.69. The molecule has 8 heteroatoms. The Morgan fingerprint density at radius 2 is 1.47 bits per heavy atom. The molecule has 8 nitrogen and oxygen atoms in total. The zero-order valence-corrected chi connectivity index (χ0v) is 28.0. The van der Waals surface area contributed by atoms with Crippen LogP contribution in [0.5, 0.6) is 0 Å². The van der Waals surface area contributed by atoms with Gasteiger partial charge in [0.05, 0.1) is 0 Å². The molecule has 0 aromatic heterocycles. The molecule has 4 aliphatic carbocycles. The van der Waals surface area contributed by atoms with Crippen LogP contribution >= 0.6 is 0 Å². The number of carbonyl (C=O) groups is 4. The summed E-state index contributed by atoms with van der Waals surface area (Å²) in [7, 11) is 0. The van der Waals surface area contributed by atoms with Crippen LogP contribution in [0, 0.1) is 46.3 Å². The second kappa shape index (κ2) is 12.7. The van der Waals surface area contributed by atoms with Crippen molar-refractivity contribution in [1.82, 2.24) is 0 Å². The molecule has 0 heterocycles. The van der Waals surface area contributed by atoms with Crippen molar-refractivity contribution >= 4 is 23.9 Å². The summed E-state index contributed by atoms with van der Waals surface area (Å²) in [5.41, 5.74) is -0.732. The monoisotopic (exact) mass is 604 g/mol. The van der Waals surface area contributed by atoms with E-state index in [0.717, 1.165) is 64.2 Å². The van der Waals surface area contributed by atoms with Gasteiger partial charge in [-0.15, -0.1) is 0 Å². The van der Waals surface area contributed by atoms with Crippen LogP contribution in [0.4, 0.5) is 0 Å². The van der Waals surface area contributed by atoms with E-state index >= 15 is 0 Å². The summed E-state index contributed by atoms with van der Waals surface area (Å²) in [6.45, 7) is 16.9. The third kappa shape index (κ3) is 6.93. The number of carbonyl (C=O) groups excluding carboxylic acids is 4. The van der Waals surface area contributed by atoms with Crippen molar-refractivity contribution in [3.8, 4) is 0 Å². The molecule has 0 saturated heterocycles. The minimum atomic E-state index is -0.494. The van der Waals surface area contributed by atoms with Gasteiger partial charge < -0.3 is 18.9 Å². The van der Waals surface area contributed by atoms with Gasteiger partial charge in [0.25, 0.3) is 0 Å². The van der Waals surface area contributed by atoms with Crippen LogP contribution in [-0.2, 0) is 38.1 Å². The Morgan fingerprint density at radius 1 is 0.814 bits per heavy atom. The molecule has 0 bridgehead atoms. The topological polar surface area (TPSA) is 105 Å². The van der Waals surface area contributed by atoms with Crippen molar-refractivity contribution in [2.24, 2.45) is 46.3 Å². The molecule has 43 heavy (non-hydrogen) atoms. The highest BCUT2D eigenvalue weighted by Gasteiger charge is 2.67. The summed E-state index contributed by atoms with van der Waals surface area (Å²) in [4.78, 5) is 48.4. The molecule has 0 aromatic rings. The van der Waals surface area contributed by atoms with E-state index < -0.39 is 5.60 Å². The lowest BCUT2D eigenvalue weighted by molar-refractivity contribution is -0.224. The van der Waals surface area contributed by atoms with Crippen molar-refractivity contribution < 1.29 is 38.1 Å². The van der Waals surface area contributed by atoms with E-state index in [9.17, 15) is 19.2 Å². The summed E-state index contributed by atoms with van der Waals surface area (Å²) in [5.74, 6) is 0.753. The zero-order chi connectivity index (χ0) is 31.9. The Balaban J connectivity index is 1.62. The minimum absolute atomic E-state index is 0.0102. The Kier molecular flexibility index (Phi) is 9.98. The van der Waals surface area contributed by atoms with Crippen molar-refractivity contribution in [2.75, 3.05) is 0 Å². The van der Waals surface area contributed by atoms with Crippen LogP contribution in [0.2, 0.25) is 0 Å². The van der Waals surface area contributed by atoms with E-state index in [1.165, 1.54) is 27.7 Å². The molecule has 4 aliphatic rings. The largest absolute Gasteiger partial charge is 0.463 e. The lowest BCUT2D eigenvalue weighted by Gasteiger charge is -2.64. The normalized spacial score (nSPS) is 39.4. The van der Waals surface area contributed by atoms with Gasteiger partial charge in [0.15, 0.2) is 0 Å². The van der Waals surface area contributed by atoms with Gasteiger partial charge >= 0.3 is 23.9 Å². The Bertz CT molecular complexity index is 1070. The first-order valence-electron chi connectivity index (χ1n) is 16.7. The quantitative estimate of drug-likeness (QED) is 0.209. The minimum Gasteiger partial charge on any atom is -0.463 e. The molecule has 0 spiro atoms. The molecule has 0 aromatic carbocycles. The average Bonchev–Trinajstić information content (AvgIpc) is 3.21. The molecule has 0 aliphatic heterocycles. The molecule has 244 valence electrons. The number of ether oxygens (including phenoxy) is 4. The SMILES string of the molecule is CC(=O)OC1CC[C@@]2(C)C(C1)CC(OC(C)=O)[C@H]1[C@@H]3CC[C@H]([C@H](C)CCCC(C)(C)OC(C)=O)[C@@]3(C)C(OC(C)=O)C[C@@H]12. The lowest BCUT2D eigenvalue weighted by atomic mass is 9.43. The number of hydrogen-bond donors (Lipinski definition) is 0. The predicted molar refractivity (Wildman–Crippen MR) is 162 cm³/mol. The third-order valence-electron chi connectivity index (χ3n) is 12.3. The first-order valence-corrected chi connectivity index (χ1v) is 16.7. The maximum Gasteiger partial charge on any atom is 0.303 e. The van der Waals surface area contributed by atoms with Gasteiger partial charge in [-0.2, -0.15) is 0 Å². The molecule has 4 saturated carbocycles. The molecule has 0 amide bonds. The van der Waals surface area contributed by atoms with E-state index in [2.05, 4.69) is 20.8 Å². The molecule has 11 atom stereocenters. The molecule has 4 unspecified atom stereocenters. The number of esters is 4. The van der Waals surface area contributed by atoms with Gasteiger partial charge in [-0.1, -0.05) is 27.2 Å². The third-order valence-corrected chi connectivity index (χ3v) is 12.3. The molecule has 0 N–H and O–H groups in total. The van der Waals surface area contributed by atoms with Gasteiger partial charge in [-0.25, -0.2) is 0 Å². The predicted octanol–water partition coefficient (Wildman–Crippen LogP) is 6.81. The smallest absolute Gasteiger partial charge is 0.303 e. The Hall–Kier alpha value is -2.12. The van der Waals surface area contributed by atoms with Crippen LogP contribution in [0.25, 0.3) is 0 Å². The van der Waals surface area contributed by atoms with Crippen molar-refractivity contribution in [2.45, 2.75) is 150 Å². The van der Waals surface area contributed by atoms with Crippen LogP contribution in [0.15, 0.2) is 0 Å².